The second kappa shape index (κ2) is 6.94. The van der Waals surface area contributed by atoms with Gasteiger partial charge in [-0.1, -0.05) is 26.0 Å². The highest BCUT2D eigenvalue weighted by Gasteiger charge is 2.33. The van der Waals surface area contributed by atoms with Gasteiger partial charge in [0.2, 0.25) is 0 Å². The van der Waals surface area contributed by atoms with Crippen LogP contribution in [0, 0.1) is 6.92 Å². The maximum Gasteiger partial charge on any atom is 0.130 e. The van der Waals surface area contributed by atoms with Crippen molar-refractivity contribution in [2.24, 2.45) is 0 Å². The first-order valence-electron chi connectivity index (χ1n) is 9.04. The van der Waals surface area contributed by atoms with Crippen LogP contribution in [-0.2, 0) is 0 Å². The average Bonchev–Trinajstić information content (AvgIpc) is 2.83. The van der Waals surface area contributed by atoms with Crippen molar-refractivity contribution in [2.45, 2.75) is 52.1 Å². The minimum absolute atomic E-state index is 0.613. The molecule has 2 bridgehead atoms. The standard InChI is InChI=1S/C19H22N2O.C2H6/c1-12-8-19(22-3)17-11-13(4-7-18(17)20-12)14-9-15-5-6-16(10-14)21(15)2;1-2/h4,7-9,11,15-16H,5-6,10H2,1-3H3;1-2H3/t15-,16+;/m0./s1. The van der Waals surface area contributed by atoms with Crippen LogP contribution in [0.25, 0.3) is 16.5 Å². The van der Waals surface area contributed by atoms with E-state index in [1.54, 1.807) is 7.11 Å². The Hall–Kier alpha value is -1.87. The van der Waals surface area contributed by atoms with E-state index in [0.717, 1.165) is 28.8 Å². The molecule has 0 spiro atoms. The molecule has 0 aliphatic carbocycles. The fourth-order valence-corrected chi connectivity index (χ4v) is 3.95. The normalized spacial score (nSPS) is 22.8. The summed E-state index contributed by atoms with van der Waals surface area (Å²) in [5.41, 5.74) is 4.81. The van der Waals surface area contributed by atoms with Crippen molar-refractivity contribution in [1.29, 1.82) is 0 Å². The highest BCUT2D eigenvalue weighted by atomic mass is 16.5. The molecule has 0 radical (unpaired) electrons. The van der Waals surface area contributed by atoms with E-state index in [1.165, 1.54) is 24.0 Å². The van der Waals surface area contributed by atoms with Gasteiger partial charge in [-0.25, -0.2) is 0 Å². The van der Waals surface area contributed by atoms with Crippen LogP contribution in [0.4, 0.5) is 0 Å². The summed E-state index contributed by atoms with van der Waals surface area (Å²) in [6.45, 7) is 6.01. The maximum absolute atomic E-state index is 5.55. The quantitative estimate of drug-likeness (QED) is 0.791. The molecule has 0 saturated carbocycles. The summed E-state index contributed by atoms with van der Waals surface area (Å²) in [6.07, 6.45) is 6.22. The number of fused-ring (bicyclic) bond motifs is 3. The minimum Gasteiger partial charge on any atom is -0.496 e. The van der Waals surface area contributed by atoms with Crippen LogP contribution in [0.1, 0.15) is 44.4 Å². The lowest BCUT2D eigenvalue weighted by molar-refractivity contribution is 0.264. The Morgan fingerprint density at radius 1 is 1.17 bits per heavy atom. The Bertz CT molecular complexity index is 766. The number of aryl methyl sites for hydroxylation is 1. The van der Waals surface area contributed by atoms with Crippen molar-refractivity contribution < 1.29 is 4.74 Å². The lowest BCUT2D eigenvalue weighted by Gasteiger charge is -2.30. The van der Waals surface area contributed by atoms with Crippen molar-refractivity contribution in [3.63, 3.8) is 0 Å². The summed E-state index contributed by atoms with van der Waals surface area (Å²) in [6, 6.07) is 9.92. The highest BCUT2D eigenvalue weighted by molar-refractivity contribution is 5.89. The summed E-state index contributed by atoms with van der Waals surface area (Å²) >= 11 is 0. The monoisotopic (exact) mass is 324 g/mol. The third kappa shape index (κ3) is 2.93. The summed E-state index contributed by atoms with van der Waals surface area (Å²) in [7, 11) is 3.99. The molecule has 1 saturated heterocycles. The predicted octanol–water partition coefficient (Wildman–Crippen LogP) is 4.83. The maximum atomic E-state index is 5.55. The van der Waals surface area contributed by atoms with Crippen molar-refractivity contribution >= 4 is 16.5 Å². The first kappa shape index (κ1) is 17.0. The Morgan fingerprint density at radius 2 is 1.96 bits per heavy atom. The topological polar surface area (TPSA) is 25.4 Å². The first-order valence-corrected chi connectivity index (χ1v) is 9.04. The van der Waals surface area contributed by atoms with Crippen LogP contribution in [0.15, 0.2) is 30.3 Å². The summed E-state index contributed by atoms with van der Waals surface area (Å²) in [5.74, 6) is 0.917. The van der Waals surface area contributed by atoms with E-state index < -0.39 is 0 Å². The number of hydrogen-bond acceptors (Lipinski definition) is 3. The van der Waals surface area contributed by atoms with Crippen molar-refractivity contribution in [3.8, 4) is 5.75 Å². The van der Waals surface area contributed by atoms with Crippen LogP contribution >= 0.6 is 0 Å². The number of ether oxygens (including phenoxy) is 1. The predicted molar refractivity (Wildman–Crippen MR) is 102 cm³/mol. The molecule has 2 aliphatic rings. The molecular weight excluding hydrogens is 296 g/mol. The second-order valence-electron chi connectivity index (χ2n) is 6.56. The molecular formula is C21H28N2O. The molecule has 1 aromatic carbocycles. The van der Waals surface area contributed by atoms with E-state index in [4.69, 9.17) is 4.74 Å². The molecule has 2 aromatic rings. The number of benzene rings is 1. The van der Waals surface area contributed by atoms with Gasteiger partial charge in [-0.3, -0.25) is 9.88 Å². The molecule has 3 heteroatoms. The molecule has 0 N–H and O–H groups in total. The van der Waals surface area contributed by atoms with E-state index in [1.807, 2.05) is 26.8 Å². The Morgan fingerprint density at radius 3 is 2.67 bits per heavy atom. The second-order valence-corrected chi connectivity index (χ2v) is 6.56. The summed E-state index contributed by atoms with van der Waals surface area (Å²) < 4.78 is 5.55. The third-order valence-electron chi connectivity index (χ3n) is 5.23. The summed E-state index contributed by atoms with van der Waals surface area (Å²) in [4.78, 5) is 7.14. The van der Waals surface area contributed by atoms with Crippen LogP contribution in [0.5, 0.6) is 5.75 Å². The average molecular weight is 324 g/mol. The fraction of sp³-hybridized carbons (Fsp3) is 0.476. The van der Waals surface area contributed by atoms with Crippen LogP contribution in [0.3, 0.4) is 0 Å². The van der Waals surface area contributed by atoms with Gasteiger partial charge >= 0.3 is 0 Å². The molecule has 4 rings (SSSR count). The van der Waals surface area contributed by atoms with E-state index in [2.05, 4.69) is 41.2 Å². The Balaban J connectivity index is 0.000000815. The van der Waals surface area contributed by atoms with Crippen molar-refractivity contribution in [1.82, 2.24) is 9.88 Å². The first-order chi connectivity index (χ1) is 11.7. The molecule has 2 atom stereocenters. The molecule has 0 unspecified atom stereocenters. The number of aromatic nitrogens is 1. The smallest absolute Gasteiger partial charge is 0.130 e. The van der Waals surface area contributed by atoms with Gasteiger partial charge in [0, 0.05) is 29.2 Å². The van der Waals surface area contributed by atoms with E-state index >= 15 is 0 Å². The molecule has 128 valence electrons. The van der Waals surface area contributed by atoms with Gasteiger partial charge in [-0.05, 0) is 56.5 Å². The molecule has 0 amide bonds. The molecule has 1 aromatic heterocycles. The number of nitrogens with zero attached hydrogens (tertiary/aromatic N) is 2. The number of hydrogen-bond donors (Lipinski definition) is 0. The number of rotatable bonds is 2. The molecule has 2 aliphatic heterocycles. The Kier molecular flexibility index (Phi) is 4.91. The van der Waals surface area contributed by atoms with Gasteiger partial charge in [0.25, 0.3) is 0 Å². The fourth-order valence-electron chi connectivity index (χ4n) is 3.95. The lowest BCUT2D eigenvalue weighted by Crippen LogP contribution is -2.34. The van der Waals surface area contributed by atoms with Crippen LogP contribution in [0.2, 0.25) is 0 Å². The molecule has 3 nitrogen and oxygen atoms in total. The van der Waals surface area contributed by atoms with Crippen molar-refractivity contribution in [2.75, 3.05) is 14.2 Å². The number of likely N-dealkylation sites (N-methyl/N-ethyl adjacent to an activating group) is 1. The lowest BCUT2D eigenvalue weighted by atomic mass is 9.94. The van der Waals surface area contributed by atoms with Gasteiger partial charge in [0.1, 0.15) is 5.75 Å². The molecule has 24 heavy (non-hydrogen) atoms. The van der Waals surface area contributed by atoms with Crippen LogP contribution < -0.4 is 4.74 Å². The number of pyridine rings is 1. The SMILES string of the molecule is CC.COc1cc(C)nc2ccc(C3=C[C@@H]4CC[C@H](C3)N4C)cc12. The largest absolute Gasteiger partial charge is 0.496 e. The zero-order valence-electron chi connectivity index (χ0n) is 15.5. The number of methoxy groups -OCH3 is 1. The van der Waals surface area contributed by atoms with Gasteiger partial charge < -0.3 is 4.74 Å². The highest BCUT2D eigenvalue weighted by Crippen LogP contribution is 2.38. The molecule has 3 heterocycles. The summed E-state index contributed by atoms with van der Waals surface area (Å²) in [5, 5.41) is 1.11. The van der Waals surface area contributed by atoms with E-state index in [-0.39, 0.29) is 0 Å². The zero-order chi connectivity index (χ0) is 17.3. The zero-order valence-corrected chi connectivity index (χ0v) is 15.5. The van der Waals surface area contributed by atoms with Gasteiger partial charge in [-0.15, -0.1) is 0 Å². The van der Waals surface area contributed by atoms with Gasteiger partial charge in [-0.2, -0.15) is 0 Å². The van der Waals surface area contributed by atoms with Gasteiger partial charge in [0.05, 0.1) is 12.6 Å². The van der Waals surface area contributed by atoms with Crippen LogP contribution in [-0.4, -0.2) is 36.1 Å². The Labute approximate surface area is 145 Å². The molecule has 1 fully saturated rings. The third-order valence-corrected chi connectivity index (χ3v) is 5.23. The van der Waals surface area contributed by atoms with Crippen molar-refractivity contribution in [3.05, 3.63) is 41.6 Å². The van der Waals surface area contributed by atoms with Gasteiger partial charge in [0.15, 0.2) is 0 Å². The van der Waals surface area contributed by atoms with E-state index in [0.29, 0.717) is 12.1 Å². The van der Waals surface area contributed by atoms with E-state index in [9.17, 15) is 0 Å². The minimum atomic E-state index is 0.613.